The van der Waals surface area contributed by atoms with Crippen LogP contribution in [0.4, 0.5) is 11.4 Å². The van der Waals surface area contributed by atoms with E-state index in [4.69, 9.17) is 9.26 Å². The summed E-state index contributed by atoms with van der Waals surface area (Å²) in [7, 11) is -2.44. The Hall–Kier alpha value is -3.59. The van der Waals surface area contributed by atoms with Gasteiger partial charge in [0.2, 0.25) is 5.91 Å². The molecule has 0 fully saturated rings. The number of aryl methyl sites for hydroxylation is 1. The Morgan fingerprint density at radius 2 is 2.00 bits per heavy atom. The van der Waals surface area contributed by atoms with Crippen molar-refractivity contribution in [2.75, 3.05) is 16.7 Å². The van der Waals surface area contributed by atoms with Gasteiger partial charge in [0, 0.05) is 13.0 Å². The lowest BCUT2D eigenvalue weighted by Crippen LogP contribution is -2.36. The van der Waals surface area contributed by atoms with E-state index in [0.717, 1.165) is 5.56 Å². The van der Waals surface area contributed by atoms with Gasteiger partial charge in [-0.1, -0.05) is 35.5 Å². The standard InChI is InChI=1S/C24H25N3O5S/c1-15-13-19-7-5-6-8-20(19)27(15)33(29,30)23-14-18(9-11-21(23)31-4)10-12-22-24(25-17(3)28)16(2)26-32-22/h5-12,14-15H,13H2,1-4H3,(H,25,28)/b12-10-/t15-/m0/s1. The van der Waals surface area contributed by atoms with E-state index in [2.05, 4.69) is 10.5 Å². The summed E-state index contributed by atoms with van der Waals surface area (Å²) < 4.78 is 39.6. The zero-order valence-electron chi connectivity index (χ0n) is 18.8. The lowest BCUT2D eigenvalue weighted by Gasteiger charge is -2.25. The van der Waals surface area contributed by atoms with Crippen LogP contribution in [0.3, 0.4) is 0 Å². The minimum atomic E-state index is -3.89. The first kappa shape index (κ1) is 22.6. The van der Waals surface area contributed by atoms with Crippen molar-refractivity contribution in [2.45, 2.75) is 38.1 Å². The van der Waals surface area contributed by atoms with Crippen LogP contribution in [0.2, 0.25) is 0 Å². The van der Waals surface area contributed by atoms with Gasteiger partial charge in [-0.05, 0) is 55.7 Å². The molecule has 0 aliphatic carbocycles. The highest BCUT2D eigenvalue weighted by Crippen LogP contribution is 2.39. The van der Waals surface area contributed by atoms with Crippen molar-refractivity contribution in [3.63, 3.8) is 0 Å². The van der Waals surface area contributed by atoms with E-state index in [1.54, 1.807) is 37.3 Å². The molecular formula is C24H25N3O5S. The summed E-state index contributed by atoms with van der Waals surface area (Å²) in [6.45, 7) is 5.01. The molecule has 0 radical (unpaired) electrons. The number of anilines is 2. The van der Waals surface area contributed by atoms with Crippen molar-refractivity contribution in [1.29, 1.82) is 0 Å². The summed E-state index contributed by atoms with van der Waals surface area (Å²) in [5.41, 5.74) is 3.32. The molecule has 1 aliphatic rings. The molecule has 172 valence electrons. The molecule has 1 aliphatic heterocycles. The van der Waals surface area contributed by atoms with E-state index in [1.807, 2.05) is 31.2 Å². The first-order valence-corrected chi connectivity index (χ1v) is 11.9. The molecule has 2 heterocycles. The van der Waals surface area contributed by atoms with E-state index in [1.165, 1.54) is 18.3 Å². The SMILES string of the molecule is COc1ccc(/C=C\c2onc(C)c2NC(C)=O)cc1S(=O)(=O)N1c2ccccc2C[C@@H]1C. The molecule has 0 saturated carbocycles. The van der Waals surface area contributed by atoms with Crippen LogP contribution in [-0.2, 0) is 21.2 Å². The number of nitrogens with one attached hydrogen (secondary N) is 1. The normalized spacial score (nSPS) is 15.6. The predicted octanol–water partition coefficient (Wildman–Crippen LogP) is 4.26. The second-order valence-electron chi connectivity index (χ2n) is 7.91. The number of fused-ring (bicyclic) bond motifs is 1. The number of carbonyl (C=O) groups excluding carboxylic acids is 1. The van der Waals surface area contributed by atoms with Gasteiger partial charge in [0.1, 0.15) is 22.0 Å². The van der Waals surface area contributed by atoms with Crippen LogP contribution in [0, 0.1) is 6.92 Å². The van der Waals surface area contributed by atoms with E-state index < -0.39 is 10.0 Å². The maximum absolute atomic E-state index is 13.7. The van der Waals surface area contributed by atoms with Crippen molar-refractivity contribution >= 4 is 39.5 Å². The summed E-state index contributed by atoms with van der Waals surface area (Å²) in [4.78, 5) is 11.5. The summed E-state index contributed by atoms with van der Waals surface area (Å²) in [6.07, 6.45) is 3.98. The van der Waals surface area contributed by atoms with E-state index >= 15 is 0 Å². The summed E-state index contributed by atoms with van der Waals surface area (Å²) in [5.74, 6) is 0.386. The van der Waals surface area contributed by atoms with Crippen molar-refractivity contribution in [1.82, 2.24) is 5.16 Å². The third-order valence-electron chi connectivity index (χ3n) is 5.49. The number of methoxy groups -OCH3 is 1. The van der Waals surface area contributed by atoms with Gasteiger partial charge in [-0.15, -0.1) is 0 Å². The molecule has 9 heteroatoms. The molecular weight excluding hydrogens is 442 g/mol. The van der Waals surface area contributed by atoms with E-state index in [-0.39, 0.29) is 22.6 Å². The van der Waals surface area contributed by atoms with E-state index in [9.17, 15) is 13.2 Å². The largest absolute Gasteiger partial charge is 0.495 e. The number of ether oxygens (including phenoxy) is 1. The van der Waals surface area contributed by atoms with Crippen molar-refractivity contribution in [3.05, 3.63) is 65.0 Å². The van der Waals surface area contributed by atoms with Gasteiger partial charge in [-0.3, -0.25) is 9.10 Å². The maximum Gasteiger partial charge on any atom is 0.268 e. The van der Waals surface area contributed by atoms with Gasteiger partial charge >= 0.3 is 0 Å². The summed E-state index contributed by atoms with van der Waals surface area (Å²) in [5, 5.41) is 6.58. The molecule has 33 heavy (non-hydrogen) atoms. The first-order chi connectivity index (χ1) is 15.7. The quantitative estimate of drug-likeness (QED) is 0.581. The van der Waals surface area contributed by atoms with Crippen LogP contribution in [-0.4, -0.2) is 32.6 Å². The van der Waals surface area contributed by atoms with Crippen LogP contribution in [0.1, 0.15) is 36.4 Å². The van der Waals surface area contributed by atoms with Crippen LogP contribution in [0.15, 0.2) is 51.9 Å². The van der Waals surface area contributed by atoms with Gasteiger partial charge in [-0.25, -0.2) is 8.42 Å². The zero-order chi connectivity index (χ0) is 23.8. The number of rotatable bonds is 6. The van der Waals surface area contributed by atoms with Crippen LogP contribution >= 0.6 is 0 Å². The van der Waals surface area contributed by atoms with Crippen molar-refractivity contribution in [2.24, 2.45) is 0 Å². The zero-order valence-corrected chi connectivity index (χ0v) is 19.6. The molecule has 4 rings (SSSR count). The summed E-state index contributed by atoms with van der Waals surface area (Å²) in [6, 6.07) is 12.2. The Bertz CT molecular complexity index is 1340. The number of para-hydroxylation sites is 1. The van der Waals surface area contributed by atoms with Crippen molar-refractivity contribution < 1.29 is 22.5 Å². The van der Waals surface area contributed by atoms with Gasteiger partial charge in [-0.2, -0.15) is 0 Å². The van der Waals surface area contributed by atoms with Gasteiger partial charge < -0.3 is 14.6 Å². The van der Waals surface area contributed by atoms with Crippen LogP contribution < -0.4 is 14.4 Å². The highest BCUT2D eigenvalue weighted by molar-refractivity contribution is 7.93. The number of amides is 1. The second kappa shape index (κ2) is 8.74. The number of aromatic nitrogens is 1. The fourth-order valence-electron chi connectivity index (χ4n) is 4.01. The number of sulfonamides is 1. The van der Waals surface area contributed by atoms with Crippen LogP contribution in [0.5, 0.6) is 5.75 Å². The molecule has 8 nitrogen and oxygen atoms in total. The minimum Gasteiger partial charge on any atom is -0.495 e. The molecule has 3 aromatic rings. The number of nitrogens with zero attached hydrogens (tertiary/aromatic N) is 2. The molecule has 1 aromatic heterocycles. The fourth-order valence-corrected chi connectivity index (χ4v) is 5.90. The third-order valence-corrected chi connectivity index (χ3v) is 7.44. The van der Waals surface area contributed by atoms with Gasteiger partial charge in [0.05, 0.1) is 12.8 Å². The topological polar surface area (TPSA) is 102 Å². The Morgan fingerprint density at radius 1 is 1.24 bits per heavy atom. The maximum atomic E-state index is 13.7. The Labute approximate surface area is 192 Å². The molecule has 1 N–H and O–H groups in total. The van der Waals surface area contributed by atoms with Gasteiger partial charge in [0.25, 0.3) is 10.0 Å². The average Bonchev–Trinajstić information content (AvgIpc) is 3.30. The Balaban J connectivity index is 1.73. The summed E-state index contributed by atoms with van der Waals surface area (Å²) >= 11 is 0. The lowest BCUT2D eigenvalue weighted by atomic mass is 10.1. The second-order valence-corrected chi connectivity index (χ2v) is 9.70. The highest BCUT2D eigenvalue weighted by Gasteiger charge is 2.37. The molecule has 0 spiro atoms. The predicted molar refractivity (Wildman–Crippen MR) is 127 cm³/mol. The van der Waals surface area contributed by atoms with Crippen molar-refractivity contribution in [3.8, 4) is 5.75 Å². The van der Waals surface area contributed by atoms with Gasteiger partial charge in [0.15, 0.2) is 5.76 Å². The Morgan fingerprint density at radius 3 is 2.73 bits per heavy atom. The molecule has 2 aromatic carbocycles. The third kappa shape index (κ3) is 4.23. The highest BCUT2D eigenvalue weighted by atomic mass is 32.2. The van der Waals surface area contributed by atoms with Crippen LogP contribution in [0.25, 0.3) is 12.2 Å². The first-order valence-electron chi connectivity index (χ1n) is 10.4. The minimum absolute atomic E-state index is 0.0755. The average molecular weight is 468 g/mol. The van der Waals surface area contributed by atoms with E-state index in [0.29, 0.717) is 34.8 Å². The molecule has 0 unspecified atom stereocenters. The number of hydrogen-bond acceptors (Lipinski definition) is 6. The fraction of sp³-hybridized carbons (Fsp3) is 0.250. The number of benzene rings is 2. The number of carbonyl (C=O) groups is 1. The monoisotopic (exact) mass is 467 g/mol. The lowest BCUT2D eigenvalue weighted by molar-refractivity contribution is -0.114. The number of hydrogen-bond donors (Lipinski definition) is 1. The molecule has 1 atom stereocenters. The molecule has 0 saturated heterocycles. The molecule has 0 bridgehead atoms. The molecule has 1 amide bonds. The Kier molecular flexibility index (Phi) is 5.99. The smallest absolute Gasteiger partial charge is 0.268 e.